The molecule has 112 valence electrons. The van der Waals surface area contributed by atoms with Crippen LogP contribution in [0.1, 0.15) is 24.8 Å². The van der Waals surface area contributed by atoms with Gasteiger partial charge in [0.2, 0.25) is 0 Å². The molecule has 1 amide bonds. The van der Waals surface area contributed by atoms with Crippen molar-refractivity contribution in [2.75, 3.05) is 19.7 Å². The van der Waals surface area contributed by atoms with Gasteiger partial charge in [-0.2, -0.15) is 0 Å². The van der Waals surface area contributed by atoms with Crippen LogP contribution >= 0.6 is 11.3 Å². The summed E-state index contributed by atoms with van der Waals surface area (Å²) in [5, 5.41) is 1.21. The highest BCUT2D eigenvalue weighted by Gasteiger charge is 2.24. The molecule has 5 heteroatoms. The lowest BCUT2D eigenvalue weighted by molar-refractivity contribution is 0.0918. The first kappa shape index (κ1) is 14.3. The van der Waals surface area contributed by atoms with Crippen LogP contribution in [0.25, 0.3) is 10.2 Å². The molecule has 1 aliphatic heterocycles. The number of likely N-dealkylation sites (tertiary alicyclic amines) is 1. The van der Waals surface area contributed by atoms with Crippen LogP contribution in [0.15, 0.2) is 24.3 Å². The number of carbonyl (C=O) groups is 1. The first-order valence-corrected chi connectivity index (χ1v) is 8.34. The van der Waals surface area contributed by atoms with Gasteiger partial charge in [-0.25, -0.2) is 9.78 Å². The predicted octanol–water partition coefficient (Wildman–Crippen LogP) is 3.71. The number of thiazole rings is 1. The highest BCUT2D eigenvalue weighted by molar-refractivity contribution is 7.18. The third kappa shape index (κ3) is 3.35. The standard InChI is InChI=1S/C16H20N2O2S/c1-2-20-16(19)18-9-7-12(8-10-18)11-15-17-13-5-3-4-6-14(13)21-15/h3-6,12H,2,7-11H2,1H3. The van der Waals surface area contributed by atoms with Crippen molar-refractivity contribution in [3.05, 3.63) is 29.3 Å². The summed E-state index contributed by atoms with van der Waals surface area (Å²) in [6.45, 7) is 3.89. The SMILES string of the molecule is CCOC(=O)N1CCC(Cc2nc3ccccc3s2)CC1. The van der Waals surface area contributed by atoms with Gasteiger partial charge < -0.3 is 9.64 Å². The average molecular weight is 304 g/mol. The summed E-state index contributed by atoms with van der Waals surface area (Å²) in [5.74, 6) is 0.622. The number of carbonyl (C=O) groups excluding carboxylic acids is 1. The van der Waals surface area contributed by atoms with Crippen molar-refractivity contribution in [3.63, 3.8) is 0 Å². The quantitative estimate of drug-likeness (QED) is 0.868. The van der Waals surface area contributed by atoms with E-state index in [2.05, 4.69) is 18.2 Å². The molecular weight excluding hydrogens is 284 g/mol. The summed E-state index contributed by atoms with van der Waals surface area (Å²) < 4.78 is 6.31. The molecule has 21 heavy (non-hydrogen) atoms. The molecule has 3 rings (SSSR count). The molecule has 0 saturated carbocycles. The maximum atomic E-state index is 11.7. The molecule has 0 atom stereocenters. The van der Waals surface area contributed by atoms with Gasteiger partial charge >= 0.3 is 6.09 Å². The first-order valence-electron chi connectivity index (χ1n) is 7.52. The largest absolute Gasteiger partial charge is 0.450 e. The van der Waals surface area contributed by atoms with Gasteiger partial charge in [-0.05, 0) is 37.8 Å². The summed E-state index contributed by atoms with van der Waals surface area (Å²) in [4.78, 5) is 18.2. The molecule has 1 aliphatic rings. The van der Waals surface area contributed by atoms with Crippen LogP contribution in [0.4, 0.5) is 4.79 Å². The fourth-order valence-electron chi connectivity index (χ4n) is 2.79. The number of ether oxygens (including phenoxy) is 1. The number of aromatic nitrogens is 1. The Hall–Kier alpha value is -1.62. The van der Waals surface area contributed by atoms with Crippen molar-refractivity contribution in [2.45, 2.75) is 26.2 Å². The van der Waals surface area contributed by atoms with E-state index in [9.17, 15) is 4.79 Å². The zero-order valence-electron chi connectivity index (χ0n) is 12.2. The number of amides is 1. The molecule has 2 heterocycles. The molecule has 1 fully saturated rings. The lowest BCUT2D eigenvalue weighted by Gasteiger charge is -2.30. The van der Waals surface area contributed by atoms with Crippen LogP contribution in [-0.4, -0.2) is 35.7 Å². The molecule has 0 spiro atoms. The highest BCUT2D eigenvalue weighted by atomic mass is 32.1. The van der Waals surface area contributed by atoms with E-state index in [0.717, 1.165) is 37.9 Å². The molecule has 0 radical (unpaired) electrons. The van der Waals surface area contributed by atoms with E-state index in [4.69, 9.17) is 9.72 Å². The summed E-state index contributed by atoms with van der Waals surface area (Å²) in [7, 11) is 0. The summed E-state index contributed by atoms with van der Waals surface area (Å²) in [5.41, 5.74) is 1.10. The normalized spacial score (nSPS) is 16.3. The van der Waals surface area contributed by atoms with E-state index in [1.165, 1.54) is 9.71 Å². The van der Waals surface area contributed by atoms with Gasteiger partial charge in [0.1, 0.15) is 0 Å². The maximum absolute atomic E-state index is 11.7. The Bertz CT molecular complexity index is 585. The van der Waals surface area contributed by atoms with Crippen molar-refractivity contribution < 1.29 is 9.53 Å². The Kier molecular flexibility index (Phi) is 4.39. The fourth-order valence-corrected chi connectivity index (χ4v) is 3.87. The minimum absolute atomic E-state index is 0.170. The van der Waals surface area contributed by atoms with Gasteiger partial charge in [-0.3, -0.25) is 0 Å². The third-order valence-corrected chi connectivity index (χ3v) is 5.00. The summed E-state index contributed by atoms with van der Waals surface area (Å²) in [6, 6.07) is 8.28. The van der Waals surface area contributed by atoms with E-state index in [1.54, 1.807) is 11.3 Å². The van der Waals surface area contributed by atoms with Gasteiger partial charge in [0.05, 0.1) is 21.8 Å². The van der Waals surface area contributed by atoms with E-state index < -0.39 is 0 Å². The summed E-state index contributed by atoms with van der Waals surface area (Å²) in [6.07, 6.45) is 2.93. The van der Waals surface area contributed by atoms with E-state index in [0.29, 0.717) is 12.5 Å². The van der Waals surface area contributed by atoms with E-state index in [-0.39, 0.29) is 6.09 Å². The van der Waals surface area contributed by atoms with Crippen LogP contribution in [-0.2, 0) is 11.2 Å². The van der Waals surface area contributed by atoms with E-state index in [1.807, 2.05) is 17.9 Å². The second-order valence-corrected chi connectivity index (χ2v) is 6.52. The lowest BCUT2D eigenvalue weighted by Crippen LogP contribution is -2.39. The molecule has 1 aromatic heterocycles. The summed E-state index contributed by atoms with van der Waals surface area (Å²) >= 11 is 1.79. The molecule has 2 aromatic rings. The number of para-hydroxylation sites is 1. The number of nitrogens with zero attached hydrogens (tertiary/aromatic N) is 2. The van der Waals surface area contributed by atoms with Crippen LogP contribution in [0, 0.1) is 5.92 Å². The van der Waals surface area contributed by atoms with Crippen LogP contribution in [0.5, 0.6) is 0 Å². The number of benzene rings is 1. The van der Waals surface area contributed by atoms with Crippen molar-refractivity contribution in [2.24, 2.45) is 5.92 Å². The van der Waals surface area contributed by atoms with Crippen molar-refractivity contribution in [1.29, 1.82) is 0 Å². The van der Waals surface area contributed by atoms with Crippen LogP contribution < -0.4 is 0 Å². The van der Waals surface area contributed by atoms with Gasteiger partial charge in [-0.15, -0.1) is 11.3 Å². The third-order valence-electron chi connectivity index (χ3n) is 3.94. The second-order valence-electron chi connectivity index (χ2n) is 5.41. The zero-order valence-corrected chi connectivity index (χ0v) is 13.1. The minimum Gasteiger partial charge on any atom is -0.450 e. The number of hydrogen-bond donors (Lipinski definition) is 0. The van der Waals surface area contributed by atoms with Crippen molar-refractivity contribution >= 4 is 27.6 Å². The van der Waals surface area contributed by atoms with Crippen LogP contribution in [0.2, 0.25) is 0 Å². The Balaban J connectivity index is 1.56. The molecule has 0 N–H and O–H groups in total. The smallest absolute Gasteiger partial charge is 0.409 e. The Morgan fingerprint density at radius 1 is 1.38 bits per heavy atom. The zero-order chi connectivity index (χ0) is 14.7. The van der Waals surface area contributed by atoms with Crippen LogP contribution in [0.3, 0.4) is 0 Å². The molecule has 4 nitrogen and oxygen atoms in total. The Morgan fingerprint density at radius 3 is 2.86 bits per heavy atom. The fraction of sp³-hybridized carbons (Fsp3) is 0.500. The lowest BCUT2D eigenvalue weighted by atomic mass is 9.94. The number of fused-ring (bicyclic) bond motifs is 1. The van der Waals surface area contributed by atoms with Crippen molar-refractivity contribution in [3.8, 4) is 0 Å². The molecule has 1 aromatic carbocycles. The molecular formula is C16H20N2O2S. The number of rotatable bonds is 3. The van der Waals surface area contributed by atoms with Gasteiger partial charge in [0.25, 0.3) is 0 Å². The van der Waals surface area contributed by atoms with Gasteiger partial charge in [0.15, 0.2) is 0 Å². The maximum Gasteiger partial charge on any atom is 0.409 e. The highest BCUT2D eigenvalue weighted by Crippen LogP contribution is 2.27. The minimum atomic E-state index is -0.170. The number of hydrogen-bond acceptors (Lipinski definition) is 4. The van der Waals surface area contributed by atoms with E-state index >= 15 is 0 Å². The molecule has 0 bridgehead atoms. The Morgan fingerprint density at radius 2 is 2.14 bits per heavy atom. The van der Waals surface area contributed by atoms with Gasteiger partial charge in [0, 0.05) is 19.5 Å². The number of piperidine rings is 1. The molecule has 1 saturated heterocycles. The first-order chi connectivity index (χ1) is 10.3. The average Bonchev–Trinajstić information content (AvgIpc) is 2.90. The van der Waals surface area contributed by atoms with Gasteiger partial charge in [-0.1, -0.05) is 12.1 Å². The monoisotopic (exact) mass is 304 g/mol. The Labute approximate surface area is 128 Å². The van der Waals surface area contributed by atoms with Crippen molar-refractivity contribution in [1.82, 2.24) is 9.88 Å². The molecule has 0 aliphatic carbocycles. The second kappa shape index (κ2) is 6.43. The predicted molar refractivity (Wildman–Crippen MR) is 84.6 cm³/mol. The topological polar surface area (TPSA) is 42.4 Å². The molecule has 0 unspecified atom stereocenters.